The van der Waals surface area contributed by atoms with Gasteiger partial charge in [-0.05, 0) is 29.8 Å². The quantitative estimate of drug-likeness (QED) is 0.702. The van der Waals surface area contributed by atoms with Crippen LogP contribution >= 0.6 is 23.2 Å². The molecule has 6 nitrogen and oxygen atoms in total. The van der Waals surface area contributed by atoms with Crippen molar-refractivity contribution in [2.45, 2.75) is 6.54 Å². The summed E-state index contributed by atoms with van der Waals surface area (Å²) in [5, 5.41) is 6.94. The molecule has 0 atom stereocenters. The minimum atomic E-state index is -0.0918. The number of halogens is 2. The highest BCUT2D eigenvalue weighted by molar-refractivity contribution is 6.33. The summed E-state index contributed by atoms with van der Waals surface area (Å²) >= 11 is 12.0. The number of carbonyl (C=O) groups excluding carboxylic acids is 2. The molecule has 0 aliphatic carbocycles. The summed E-state index contributed by atoms with van der Waals surface area (Å²) in [6.07, 6.45) is 0. The molecule has 8 heteroatoms. The predicted molar refractivity (Wildman–Crippen MR) is 116 cm³/mol. The summed E-state index contributed by atoms with van der Waals surface area (Å²) in [5.74, 6) is -0.110. The van der Waals surface area contributed by atoms with E-state index in [4.69, 9.17) is 23.2 Å². The van der Waals surface area contributed by atoms with Gasteiger partial charge in [0.2, 0.25) is 11.8 Å². The second kappa shape index (κ2) is 10.6. The van der Waals surface area contributed by atoms with Gasteiger partial charge in [-0.15, -0.1) is 0 Å². The molecule has 0 unspecified atom stereocenters. The van der Waals surface area contributed by atoms with Crippen LogP contribution in [0.5, 0.6) is 0 Å². The van der Waals surface area contributed by atoms with Crippen LogP contribution in [0.1, 0.15) is 5.56 Å². The summed E-state index contributed by atoms with van der Waals surface area (Å²) in [6.45, 7) is 4.06. The Balaban J connectivity index is 1.36. The van der Waals surface area contributed by atoms with E-state index in [9.17, 15) is 9.59 Å². The number of amides is 2. The van der Waals surface area contributed by atoms with Crippen LogP contribution in [0.4, 0.5) is 5.69 Å². The van der Waals surface area contributed by atoms with Crippen LogP contribution in [0, 0.1) is 0 Å². The van der Waals surface area contributed by atoms with Crippen molar-refractivity contribution in [3.05, 3.63) is 64.1 Å². The molecule has 0 saturated carbocycles. The number of rotatable bonds is 7. The SMILES string of the molecule is O=C(CN1CCN(CC(=O)Nc2ccccc2Cl)CC1)NCc1cccc(Cl)c1. The number of hydrogen-bond donors (Lipinski definition) is 2. The molecule has 1 heterocycles. The first-order chi connectivity index (χ1) is 14.0. The van der Waals surface area contributed by atoms with Crippen LogP contribution in [-0.4, -0.2) is 60.9 Å². The zero-order valence-corrected chi connectivity index (χ0v) is 17.5. The molecule has 0 radical (unpaired) electrons. The molecular weight excluding hydrogens is 411 g/mol. The minimum Gasteiger partial charge on any atom is -0.351 e. The number of hydrogen-bond acceptors (Lipinski definition) is 4. The lowest BCUT2D eigenvalue weighted by molar-refractivity contribution is -0.123. The normalized spacial score (nSPS) is 15.1. The van der Waals surface area contributed by atoms with Gasteiger partial charge in [0.25, 0.3) is 0 Å². The highest BCUT2D eigenvalue weighted by Gasteiger charge is 2.20. The maximum absolute atomic E-state index is 12.2. The zero-order chi connectivity index (χ0) is 20.6. The Morgan fingerprint density at radius 2 is 1.52 bits per heavy atom. The summed E-state index contributed by atoms with van der Waals surface area (Å²) in [4.78, 5) is 28.6. The van der Waals surface area contributed by atoms with Gasteiger partial charge in [-0.2, -0.15) is 0 Å². The Kier molecular flexibility index (Phi) is 7.89. The maximum Gasteiger partial charge on any atom is 0.238 e. The zero-order valence-electron chi connectivity index (χ0n) is 16.0. The van der Waals surface area contributed by atoms with E-state index in [1.54, 1.807) is 18.2 Å². The maximum atomic E-state index is 12.2. The minimum absolute atomic E-state index is 0.0186. The molecule has 3 rings (SSSR count). The molecule has 2 N–H and O–H groups in total. The van der Waals surface area contributed by atoms with Crippen LogP contribution in [0.2, 0.25) is 10.0 Å². The van der Waals surface area contributed by atoms with E-state index < -0.39 is 0 Å². The van der Waals surface area contributed by atoms with Gasteiger partial charge in [0, 0.05) is 37.7 Å². The molecule has 0 aromatic heterocycles. The van der Waals surface area contributed by atoms with Crippen molar-refractivity contribution in [1.29, 1.82) is 0 Å². The Hall–Kier alpha value is -2.12. The average molecular weight is 435 g/mol. The lowest BCUT2D eigenvalue weighted by Gasteiger charge is -2.33. The van der Waals surface area contributed by atoms with E-state index in [0.717, 1.165) is 31.7 Å². The summed E-state index contributed by atoms with van der Waals surface area (Å²) in [6, 6.07) is 14.6. The third kappa shape index (κ3) is 7.01. The molecule has 1 aliphatic heterocycles. The van der Waals surface area contributed by atoms with Crippen molar-refractivity contribution < 1.29 is 9.59 Å². The fourth-order valence-electron chi connectivity index (χ4n) is 3.17. The largest absolute Gasteiger partial charge is 0.351 e. The summed E-state index contributed by atoms with van der Waals surface area (Å²) < 4.78 is 0. The number of carbonyl (C=O) groups is 2. The molecule has 2 aromatic carbocycles. The van der Waals surface area contributed by atoms with Crippen molar-refractivity contribution >= 4 is 40.7 Å². The fourth-order valence-corrected chi connectivity index (χ4v) is 3.56. The second-order valence-corrected chi connectivity index (χ2v) is 7.83. The third-order valence-electron chi connectivity index (χ3n) is 4.73. The molecule has 2 aromatic rings. The van der Waals surface area contributed by atoms with Crippen LogP contribution in [0.3, 0.4) is 0 Å². The van der Waals surface area contributed by atoms with Crippen molar-refractivity contribution in [3.8, 4) is 0 Å². The van der Waals surface area contributed by atoms with E-state index >= 15 is 0 Å². The van der Waals surface area contributed by atoms with E-state index in [0.29, 0.717) is 35.4 Å². The second-order valence-electron chi connectivity index (χ2n) is 6.99. The average Bonchev–Trinajstić information content (AvgIpc) is 2.70. The molecule has 2 amide bonds. The molecular formula is C21H24Cl2N4O2. The number of piperazine rings is 1. The first-order valence-electron chi connectivity index (χ1n) is 9.50. The molecule has 29 heavy (non-hydrogen) atoms. The fraction of sp³-hybridized carbons (Fsp3) is 0.333. The highest BCUT2D eigenvalue weighted by atomic mass is 35.5. The lowest BCUT2D eigenvalue weighted by Crippen LogP contribution is -2.50. The molecule has 0 spiro atoms. The standard InChI is InChI=1S/C21H24Cl2N4O2/c22-17-5-3-4-16(12-17)13-24-20(28)14-26-8-10-27(11-9-26)15-21(29)25-19-7-2-1-6-18(19)23/h1-7,12H,8-11,13-15H2,(H,24,28)(H,25,29). The van der Waals surface area contributed by atoms with Gasteiger partial charge in [-0.25, -0.2) is 0 Å². The van der Waals surface area contributed by atoms with E-state index in [1.807, 2.05) is 30.3 Å². The Morgan fingerprint density at radius 3 is 2.17 bits per heavy atom. The highest BCUT2D eigenvalue weighted by Crippen LogP contribution is 2.20. The van der Waals surface area contributed by atoms with Gasteiger partial charge in [-0.3, -0.25) is 19.4 Å². The van der Waals surface area contributed by atoms with Crippen molar-refractivity contribution in [2.24, 2.45) is 0 Å². The first kappa shape index (κ1) is 21.6. The van der Waals surface area contributed by atoms with Gasteiger partial charge in [0.1, 0.15) is 0 Å². The number of para-hydroxylation sites is 1. The molecule has 1 aliphatic rings. The summed E-state index contributed by atoms with van der Waals surface area (Å²) in [7, 11) is 0. The number of anilines is 1. The van der Waals surface area contributed by atoms with Gasteiger partial charge in [-0.1, -0.05) is 47.5 Å². The predicted octanol–water partition coefficient (Wildman–Crippen LogP) is 2.87. The van der Waals surface area contributed by atoms with Crippen LogP contribution < -0.4 is 10.6 Å². The first-order valence-corrected chi connectivity index (χ1v) is 10.3. The Labute approximate surface area is 180 Å². The van der Waals surface area contributed by atoms with Gasteiger partial charge in [0.05, 0.1) is 23.8 Å². The van der Waals surface area contributed by atoms with Crippen LogP contribution in [0.15, 0.2) is 48.5 Å². The number of nitrogens with one attached hydrogen (secondary N) is 2. The van der Waals surface area contributed by atoms with Crippen molar-refractivity contribution in [3.63, 3.8) is 0 Å². The molecule has 0 bridgehead atoms. The molecule has 154 valence electrons. The van der Waals surface area contributed by atoms with E-state index in [-0.39, 0.29) is 11.8 Å². The van der Waals surface area contributed by atoms with Gasteiger partial charge < -0.3 is 10.6 Å². The van der Waals surface area contributed by atoms with Crippen LogP contribution in [0.25, 0.3) is 0 Å². The van der Waals surface area contributed by atoms with Crippen LogP contribution in [-0.2, 0) is 16.1 Å². The van der Waals surface area contributed by atoms with E-state index in [2.05, 4.69) is 20.4 Å². The molecule has 1 saturated heterocycles. The number of benzene rings is 2. The lowest BCUT2D eigenvalue weighted by atomic mass is 10.2. The topological polar surface area (TPSA) is 64.7 Å². The van der Waals surface area contributed by atoms with Crippen molar-refractivity contribution in [1.82, 2.24) is 15.1 Å². The van der Waals surface area contributed by atoms with Crippen molar-refractivity contribution in [2.75, 3.05) is 44.6 Å². The third-order valence-corrected chi connectivity index (χ3v) is 5.29. The smallest absolute Gasteiger partial charge is 0.238 e. The number of nitrogens with zero attached hydrogens (tertiary/aromatic N) is 2. The van der Waals surface area contributed by atoms with Gasteiger partial charge >= 0.3 is 0 Å². The molecule has 1 fully saturated rings. The summed E-state index contributed by atoms with van der Waals surface area (Å²) in [5.41, 5.74) is 1.59. The van der Waals surface area contributed by atoms with E-state index in [1.165, 1.54) is 0 Å². The Morgan fingerprint density at radius 1 is 0.862 bits per heavy atom. The van der Waals surface area contributed by atoms with Gasteiger partial charge in [0.15, 0.2) is 0 Å². The Bertz CT molecular complexity index is 854. The monoisotopic (exact) mass is 434 g/mol.